The van der Waals surface area contributed by atoms with E-state index in [4.69, 9.17) is 9.47 Å². The van der Waals surface area contributed by atoms with Gasteiger partial charge in [-0.2, -0.15) is 5.10 Å². The molecule has 0 atom stereocenters. The number of H-pyrrole nitrogens is 1. The predicted octanol–water partition coefficient (Wildman–Crippen LogP) is 1.24. The van der Waals surface area contributed by atoms with Gasteiger partial charge in [-0.1, -0.05) is 0 Å². The van der Waals surface area contributed by atoms with Crippen LogP contribution in [0.15, 0.2) is 23.1 Å². The molecule has 2 aromatic rings. The molecule has 0 unspecified atom stereocenters. The maximum atomic E-state index is 11.4. The summed E-state index contributed by atoms with van der Waals surface area (Å²) in [5.74, 6) is 1.01. The number of hydrogen-bond donors (Lipinski definition) is 1. The summed E-state index contributed by atoms with van der Waals surface area (Å²) in [6.45, 7) is 4.80. The lowest BCUT2D eigenvalue weighted by atomic mass is 10.3. The molecule has 1 N–H and O–H groups in total. The zero-order valence-corrected chi connectivity index (χ0v) is 11.8. The van der Waals surface area contributed by atoms with Gasteiger partial charge in [0.15, 0.2) is 11.6 Å². The molecule has 0 saturated heterocycles. The summed E-state index contributed by atoms with van der Waals surface area (Å²) >= 11 is 0. The third kappa shape index (κ3) is 3.12. The lowest BCUT2D eigenvalue weighted by Gasteiger charge is -2.13. The molecule has 7 nitrogen and oxygen atoms in total. The van der Waals surface area contributed by atoms with E-state index in [2.05, 4.69) is 15.2 Å². The van der Waals surface area contributed by atoms with E-state index in [1.807, 2.05) is 13.8 Å². The summed E-state index contributed by atoms with van der Waals surface area (Å²) < 4.78 is 12.4. The van der Waals surface area contributed by atoms with E-state index in [1.54, 1.807) is 19.3 Å². The molecule has 0 bridgehead atoms. The van der Waals surface area contributed by atoms with Crippen LogP contribution in [0.5, 0.6) is 0 Å². The number of pyridine rings is 1. The van der Waals surface area contributed by atoms with E-state index in [0.29, 0.717) is 24.9 Å². The van der Waals surface area contributed by atoms with E-state index < -0.39 is 6.29 Å². The normalized spacial score (nSPS) is 11.2. The Kier molecular flexibility index (Phi) is 4.65. The first-order valence-electron chi connectivity index (χ1n) is 6.48. The highest BCUT2D eigenvalue weighted by Crippen LogP contribution is 2.18. The van der Waals surface area contributed by atoms with Gasteiger partial charge in [0.25, 0.3) is 0 Å². The van der Waals surface area contributed by atoms with Gasteiger partial charge in [0, 0.05) is 38.1 Å². The number of rotatable bonds is 6. The van der Waals surface area contributed by atoms with Crippen LogP contribution < -0.4 is 5.56 Å². The monoisotopic (exact) mass is 278 g/mol. The molecule has 0 saturated carbocycles. The quantitative estimate of drug-likeness (QED) is 0.804. The number of hydrogen-bond acceptors (Lipinski definition) is 5. The van der Waals surface area contributed by atoms with Crippen molar-refractivity contribution in [2.24, 2.45) is 7.05 Å². The number of nitrogens with one attached hydrogen (secondary N) is 1. The summed E-state index contributed by atoms with van der Waals surface area (Å²) in [5.41, 5.74) is 0.673. The van der Waals surface area contributed by atoms with E-state index >= 15 is 0 Å². The Labute approximate surface area is 116 Å². The fourth-order valence-electron chi connectivity index (χ4n) is 1.74. The topological polar surface area (TPSA) is 82.0 Å². The van der Waals surface area contributed by atoms with Crippen molar-refractivity contribution < 1.29 is 9.47 Å². The predicted molar refractivity (Wildman–Crippen MR) is 73.1 cm³/mol. The molecule has 7 heteroatoms. The van der Waals surface area contributed by atoms with Gasteiger partial charge < -0.3 is 14.0 Å². The highest BCUT2D eigenvalue weighted by atomic mass is 16.7. The maximum Gasteiger partial charge on any atom is 0.250 e. The van der Waals surface area contributed by atoms with Crippen molar-refractivity contribution in [2.75, 3.05) is 13.2 Å². The Bertz CT molecular complexity index is 614. The molecule has 0 aliphatic carbocycles. The Hall–Kier alpha value is -1.99. The first-order valence-corrected chi connectivity index (χ1v) is 6.48. The van der Waals surface area contributed by atoms with Gasteiger partial charge in [-0.3, -0.25) is 9.89 Å². The zero-order valence-electron chi connectivity index (χ0n) is 11.8. The standard InChI is InChI=1S/C13H18N4O3/c1-4-19-13(20-5-2)12-14-11(15-16-12)9-6-7-10(18)17(3)8-9/h6-8,13H,4-5H2,1-3H3,(H,14,15,16). The van der Waals surface area contributed by atoms with Crippen LogP contribution in [0.1, 0.15) is 26.0 Å². The van der Waals surface area contributed by atoms with Crippen molar-refractivity contribution in [1.29, 1.82) is 0 Å². The third-order valence-electron chi connectivity index (χ3n) is 2.71. The van der Waals surface area contributed by atoms with Gasteiger partial charge in [0.2, 0.25) is 11.8 Å². The summed E-state index contributed by atoms with van der Waals surface area (Å²) in [7, 11) is 1.68. The molecule has 0 aromatic carbocycles. The second kappa shape index (κ2) is 6.44. The van der Waals surface area contributed by atoms with Crippen LogP contribution in [-0.2, 0) is 16.5 Å². The minimum absolute atomic E-state index is 0.0778. The largest absolute Gasteiger partial charge is 0.346 e. The SMILES string of the molecule is CCOC(OCC)c1nc(-c2ccc(=O)n(C)c2)n[nH]1. The second-order valence-electron chi connectivity index (χ2n) is 4.15. The summed E-state index contributed by atoms with van der Waals surface area (Å²) in [6, 6.07) is 3.17. The van der Waals surface area contributed by atoms with Crippen LogP contribution in [0.2, 0.25) is 0 Å². The smallest absolute Gasteiger partial charge is 0.250 e. The van der Waals surface area contributed by atoms with Crippen molar-refractivity contribution in [3.63, 3.8) is 0 Å². The highest BCUT2D eigenvalue weighted by molar-refractivity contribution is 5.52. The Balaban J connectivity index is 2.26. The molecule has 2 aromatic heterocycles. The van der Waals surface area contributed by atoms with Crippen LogP contribution in [0.25, 0.3) is 11.4 Å². The molecule has 2 rings (SSSR count). The average Bonchev–Trinajstić information content (AvgIpc) is 2.91. The Morgan fingerprint density at radius 3 is 2.60 bits per heavy atom. The zero-order chi connectivity index (χ0) is 14.5. The van der Waals surface area contributed by atoms with Crippen molar-refractivity contribution in [3.8, 4) is 11.4 Å². The van der Waals surface area contributed by atoms with Crippen LogP contribution in [0.3, 0.4) is 0 Å². The molecular formula is C13H18N4O3. The third-order valence-corrected chi connectivity index (χ3v) is 2.71. The number of nitrogens with zero attached hydrogens (tertiary/aromatic N) is 3. The molecule has 0 aliphatic heterocycles. The lowest BCUT2D eigenvalue weighted by Crippen LogP contribution is -2.14. The minimum Gasteiger partial charge on any atom is -0.346 e. The Morgan fingerprint density at radius 2 is 2.00 bits per heavy atom. The summed E-state index contributed by atoms with van der Waals surface area (Å²) in [6.07, 6.45) is 1.13. The molecule has 0 fully saturated rings. The van der Waals surface area contributed by atoms with Crippen LogP contribution in [-0.4, -0.2) is 33.0 Å². The Morgan fingerprint density at radius 1 is 1.30 bits per heavy atom. The van der Waals surface area contributed by atoms with E-state index in [9.17, 15) is 4.79 Å². The van der Waals surface area contributed by atoms with Crippen LogP contribution in [0, 0.1) is 0 Å². The van der Waals surface area contributed by atoms with Gasteiger partial charge in [0.05, 0.1) is 0 Å². The molecule has 20 heavy (non-hydrogen) atoms. The second-order valence-corrected chi connectivity index (χ2v) is 4.15. The highest BCUT2D eigenvalue weighted by Gasteiger charge is 2.17. The first-order chi connectivity index (χ1) is 9.65. The fourth-order valence-corrected chi connectivity index (χ4v) is 1.74. The molecule has 0 aliphatic rings. The van der Waals surface area contributed by atoms with E-state index in [1.165, 1.54) is 10.6 Å². The maximum absolute atomic E-state index is 11.4. The number of aromatic nitrogens is 4. The van der Waals surface area contributed by atoms with Gasteiger partial charge in [-0.05, 0) is 19.9 Å². The van der Waals surface area contributed by atoms with Gasteiger partial charge in [-0.25, -0.2) is 4.98 Å². The van der Waals surface area contributed by atoms with Crippen molar-refractivity contribution in [1.82, 2.24) is 19.7 Å². The van der Waals surface area contributed by atoms with Crippen molar-refractivity contribution in [2.45, 2.75) is 20.1 Å². The minimum atomic E-state index is -0.557. The fraction of sp³-hybridized carbons (Fsp3) is 0.462. The summed E-state index contributed by atoms with van der Waals surface area (Å²) in [4.78, 5) is 15.7. The van der Waals surface area contributed by atoms with Gasteiger partial charge in [-0.15, -0.1) is 0 Å². The molecule has 0 radical (unpaired) electrons. The van der Waals surface area contributed by atoms with E-state index in [0.717, 1.165) is 5.56 Å². The van der Waals surface area contributed by atoms with Crippen molar-refractivity contribution >= 4 is 0 Å². The number of aromatic amines is 1. The molecule has 0 spiro atoms. The van der Waals surface area contributed by atoms with Crippen LogP contribution >= 0.6 is 0 Å². The molecule has 108 valence electrons. The number of aryl methyl sites for hydroxylation is 1. The molecule has 0 amide bonds. The first kappa shape index (κ1) is 14.4. The van der Waals surface area contributed by atoms with Crippen LogP contribution in [0.4, 0.5) is 0 Å². The molecule has 2 heterocycles. The van der Waals surface area contributed by atoms with Gasteiger partial charge in [0.1, 0.15) is 0 Å². The van der Waals surface area contributed by atoms with Gasteiger partial charge >= 0.3 is 0 Å². The van der Waals surface area contributed by atoms with E-state index in [-0.39, 0.29) is 5.56 Å². The summed E-state index contributed by atoms with van der Waals surface area (Å²) in [5, 5.41) is 6.94. The van der Waals surface area contributed by atoms with Crippen molar-refractivity contribution in [3.05, 3.63) is 34.5 Å². The average molecular weight is 278 g/mol. The molecular weight excluding hydrogens is 260 g/mol. The lowest BCUT2D eigenvalue weighted by molar-refractivity contribution is -0.145. The number of ether oxygens (including phenoxy) is 2.